The number of hydrogen-bond donors (Lipinski definition) is 3. The molecule has 112 valence electrons. The van der Waals surface area contributed by atoms with Crippen molar-refractivity contribution in [3.05, 3.63) is 18.2 Å². The van der Waals surface area contributed by atoms with E-state index in [9.17, 15) is 5.11 Å². The summed E-state index contributed by atoms with van der Waals surface area (Å²) in [7, 11) is 0. The minimum atomic E-state index is -0.253. The van der Waals surface area contributed by atoms with Gasteiger partial charge in [0.25, 0.3) is 0 Å². The zero-order chi connectivity index (χ0) is 14.0. The first-order valence-electron chi connectivity index (χ1n) is 7.36. The Bertz CT molecular complexity index is 415. The molecule has 2 aliphatic rings. The molecule has 3 N–H and O–H groups in total. The van der Waals surface area contributed by atoms with Crippen LogP contribution in [0.2, 0.25) is 0 Å². The number of nitrogens with zero attached hydrogens (tertiary/aromatic N) is 2. The highest BCUT2D eigenvalue weighted by molar-refractivity contribution is 5.06. The maximum absolute atomic E-state index is 10.2. The highest BCUT2D eigenvalue weighted by Crippen LogP contribution is 2.50. The summed E-state index contributed by atoms with van der Waals surface area (Å²) in [5, 5.41) is 19.0. The Morgan fingerprint density at radius 1 is 1.45 bits per heavy atom. The lowest BCUT2D eigenvalue weighted by molar-refractivity contribution is -0.213. The molecule has 2 atom stereocenters. The minimum absolute atomic E-state index is 0.0489. The van der Waals surface area contributed by atoms with Gasteiger partial charge in [0.15, 0.2) is 0 Å². The second-order valence-corrected chi connectivity index (χ2v) is 5.88. The maximum Gasteiger partial charge on any atom is 0.120 e. The predicted molar refractivity (Wildman–Crippen MR) is 73.0 cm³/mol. The lowest BCUT2D eigenvalue weighted by Gasteiger charge is -2.56. The number of likely N-dealkylation sites (tertiary alicyclic amines) is 1. The van der Waals surface area contributed by atoms with Crippen LogP contribution in [0, 0.1) is 5.41 Å². The van der Waals surface area contributed by atoms with Crippen LogP contribution in [0.15, 0.2) is 12.4 Å². The first-order chi connectivity index (χ1) is 9.74. The Hall–Kier alpha value is -0.950. The molecular formula is C14H23N3O3. The smallest absolute Gasteiger partial charge is 0.120 e. The van der Waals surface area contributed by atoms with Crippen molar-refractivity contribution in [3.63, 3.8) is 0 Å². The average Bonchev–Trinajstić information content (AvgIpc) is 2.97. The van der Waals surface area contributed by atoms with E-state index in [2.05, 4.69) is 14.9 Å². The Balaban J connectivity index is 1.54. The van der Waals surface area contributed by atoms with Crippen molar-refractivity contribution in [1.82, 2.24) is 14.9 Å². The molecule has 0 radical (unpaired) electrons. The van der Waals surface area contributed by atoms with Crippen LogP contribution in [0.25, 0.3) is 0 Å². The number of aromatic nitrogens is 2. The standard InChI is InChI=1S/C14H23N3O3/c18-7-8-20-12-9-11(19)14(12)1-5-17(6-2-14)10-13-15-3-4-16-13/h3-4,11-12,18-19H,1-2,5-10H2,(H,15,16)/t11-,12+/m1/s1. The van der Waals surface area contributed by atoms with Gasteiger partial charge in [0.05, 0.1) is 32.0 Å². The average molecular weight is 281 g/mol. The number of hydrogen-bond acceptors (Lipinski definition) is 5. The fourth-order valence-electron chi connectivity index (χ4n) is 3.53. The van der Waals surface area contributed by atoms with Crippen LogP contribution in [-0.2, 0) is 11.3 Å². The summed E-state index contributed by atoms with van der Waals surface area (Å²) in [6, 6.07) is 0. The van der Waals surface area contributed by atoms with Crippen molar-refractivity contribution >= 4 is 0 Å². The normalized spacial score (nSPS) is 29.5. The molecule has 1 aromatic rings. The van der Waals surface area contributed by atoms with E-state index < -0.39 is 0 Å². The zero-order valence-corrected chi connectivity index (χ0v) is 11.7. The quantitative estimate of drug-likeness (QED) is 0.715. The fourth-order valence-corrected chi connectivity index (χ4v) is 3.53. The molecule has 0 unspecified atom stereocenters. The van der Waals surface area contributed by atoms with Crippen LogP contribution in [-0.4, -0.2) is 63.6 Å². The van der Waals surface area contributed by atoms with Crippen LogP contribution in [0.3, 0.4) is 0 Å². The first kappa shape index (κ1) is 14.0. The van der Waals surface area contributed by atoms with Crippen LogP contribution >= 0.6 is 0 Å². The molecular weight excluding hydrogens is 258 g/mol. The van der Waals surface area contributed by atoms with Crippen LogP contribution in [0.4, 0.5) is 0 Å². The van der Waals surface area contributed by atoms with E-state index in [0.717, 1.165) is 38.3 Å². The van der Waals surface area contributed by atoms with Gasteiger partial charge in [-0.25, -0.2) is 4.98 Å². The number of aliphatic hydroxyl groups is 2. The minimum Gasteiger partial charge on any atom is -0.394 e. The van der Waals surface area contributed by atoms with Gasteiger partial charge in [-0.05, 0) is 25.9 Å². The molecule has 1 saturated carbocycles. The van der Waals surface area contributed by atoms with Crippen LogP contribution < -0.4 is 0 Å². The number of rotatable bonds is 5. The highest BCUT2D eigenvalue weighted by atomic mass is 16.5. The Morgan fingerprint density at radius 3 is 2.85 bits per heavy atom. The molecule has 6 heteroatoms. The van der Waals surface area contributed by atoms with Gasteiger partial charge in [0, 0.05) is 24.2 Å². The summed E-state index contributed by atoms with van der Waals surface area (Å²) in [5.74, 6) is 0.989. The number of ether oxygens (including phenoxy) is 1. The Morgan fingerprint density at radius 2 is 2.25 bits per heavy atom. The first-order valence-corrected chi connectivity index (χ1v) is 7.36. The summed E-state index contributed by atoms with van der Waals surface area (Å²) < 4.78 is 5.68. The molecule has 1 aliphatic carbocycles. The topological polar surface area (TPSA) is 81.6 Å². The number of H-pyrrole nitrogens is 1. The third-order valence-electron chi connectivity index (χ3n) is 4.87. The monoisotopic (exact) mass is 281 g/mol. The van der Waals surface area contributed by atoms with Crippen molar-refractivity contribution in [2.75, 3.05) is 26.3 Å². The Kier molecular flexibility index (Phi) is 4.07. The van der Waals surface area contributed by atoms with Crippen molar-refractivity contribution in [1.29, 1.82) is 0 Å². The number of piperidine rings is 1. The van der Waals surface area contributed by atoms with E-state index in [4.69, 9.17) is 9.84 Å². The van der Waals surface area contributed by atoms with E-state index >= 15 is 0 Å². The molecule has 2 fully saturated rings. The van der Waals surface area contributed by atoms with Crippen molar-refractivity contribution in [3.8, 4) is 0 Å². The number of aliphatic hydroxyl groups excluding tert-OH is 2. The largest absolute Gasteiger partial charge is 0.394 e. The fraction of sp³-hybridized carbons (Fsp3) is 0.786. The van der Waals surface area contributed by atoms with E-state index in [1.165, 1.54) is 0 Å². The van der Waals surface area contributed by atoms with Gasteiger partial charge in [-0.15, -0.1) is 0 Å². The molecule has 1 aliphatic heterocycles. The van der Waals surface area contributed by atoms with Crippen molar-refractivity contribution in [2.45, 2.75) is 38.0 Å². The molecule has 0 bridgehead atoms. The number of imidazole rings is 1. The van der Waals surface area contributed by atoms with Gasteiger partial charge >= 0.3 is 0 Å². The van der Waals surface area contributed by atoms with Crippen molar-refractivity contribution in [2.24, 2.45) is 5.41 Å². The SMILES string of the molecule is OCCO[C@H]1C[C@@H](O)C12CCN(Cc1ncc[nH]1)CC2. The summed E-state index contributed by atoms with van der Waals surface area (Å²) in [6.45, 7) is 3.16. The molecule has 1 spiro atoms. The summed E-state index contributed by atoms with van der Waals surface area (Å²) >= 11 is 0. The van der Waals surface area contributed by atoms with Gasteiger partial charge in [-0.3, -0.25) is 4.90 Å². The van der Waals surface area contributed by atoms with Gasteiger partial charge in [-0.1, -0.05) is 0 Å². The molecule has 0 amide bonds. The maximum atomic E-state index is 10.2. The van der Waals surface area contributed by atoms with E-state index in [-0.39, 0.29) is 24.2 Å². The van der Waals surface area contributed by atoms with Gasteiger partial charge < -0.3 is 19.9 Å². The van der Waals surface area contributed by atoms with E-state index in [1.807, 2.05) is 6.20 Å². The number of aromatic amines is 1. The Labute approximate surface area is 118 Å². The van der Waals surface area contributed by atoms with Gasteiger partial charge in [0.2, 0.25) is 0 Å². The molecule has 0 aromatic carbocycles. The van der Waals surface area contributed by atoms with Crippen LogP contribution in [0.5, 0.6) is 0 Å². The molecule has 3 rings (SSSR count). The third-order valence-corrected chi connectivity index (χ3v) is 4.87. The second-order valence-electron chi connectivity index (χ2n) is 5.88. The zero-order valence-electron chi connectivity index (χ0n) is 11.7. The molecule has 20 heavy (non-hydrogen) atoms. The predicted octanol–water partition coefficient (Wildman–Crippen LogP) is 0.134. The van der Waals surface area contributed by atoms with E-state index in [1.54, 1.807) is 6.20 Å². The lowest BCUT2D eigenvalue weighted by Crippen LogP contribution is -2.62. The molecule has 1 saturated heterocycles. The highest BCUT2D eigenvalue weighted by Gasteiger charge is 2.56. The molecule has 1 aromatic heterocycles. The second kappa shape index (κ2) is 5.81. The summed E-state index contributed by atoms with van der Waals surface area (Å²) in [4.78, 5) is 9.74. The summed E-state index contributed by atoms with van der Waals surface area (Å²) in [6.07, 6.45) is 6.07. The van der Waals surface area contributed by atoms with Crippen molar-refractivity contribution < 1.29 is 14.9 Å². The third kappa shape index (κ3) is 2.48. The molecule has 2 heterocycles. The van der Waals surface area contributed by atoms with Crippen LogP contribution in [0.1, 0.15) is 25.1 Å². The lowest BCUT2D eigenvalue weighted by atomic mass is 9.58. The number of nitrogens with one attached hydrogen (secondary N) is 1. The van der Waals surface area contributed by atoms with Gasteiger partial charge in [0.1, 0.15) is 5.82 Å². The van der Waals surface area contributed by atoms with E-state index in [0.29, 0.717) is 13.0 Å². The summed E-state index contributed by atoms with van der Waals surface area (Å²) in [5.41, 5.74) is -0.0885. The molecule has 6 nitrogen and oxygen atoms in total. The van der Waals surface area contributed by atoms with Gasteiger partial charge in [-0.2, -0.15) is 0 Å².